The summed E-state index contributed by atoms with van der Waals surface area (Å²) >= 11 is 1.41. The van der Waals surface area contributed by atoms with Gasteiger partial charge in [-0.3, -0.25) is 9.78 Å². The Morgan fingerprint density at radius 3 is 2.79 bits per heavy atom. The fourth-order valence-electron chi connectivity index (χ4n) is 2.63. The lowest BCUT2D eigenvalue weighted by atomic mass is 9.97. The Bertz CT molecular complexity index is 718. The molecule has 0 aliphatic carbocycles. The maximum Gasteiger partial charge on any atom is 0.321 e. The number of aryl methyl sites for hydroxylation is 1. The summed E-state index contributed by atoms with van der Waals surface area (Å²) in [6.07, 6.45) is 4.82. The third kappa shape index (κ3) is 4.08. The van der Waals surface area contributed by atoms with E-state index in [0.717, 1.165) is 18.5 Å². The van der Waals surface area contributed by atoms with E-state index < -0.39 is 0 Å². The molecule has 3 rings (SSSR count). The first-order valence-electron chi connectivity index (χ1n) is 7.81. The summed E-state index contributed by atoms with van der Waals surface area (Å²) in [6.45, 7) is 2.95. The highest BCUT2D eigenvalue weighted by atomic mass is 32.1. The first-order chi connectivity index (χ1) is 11.6. The number of carbonyl (C=O) groups is 2. The Morgan fingerprint density at radius 1 is 1.29 bits per heavy atom. The molecule has 2 aromatic heterocycles. The fourth-order valence-corrected chi connectivity index (χ4v) is 3.32. The van der Waals surface area contributed by atoms with E-state index in [2.05, 4.69) is 20.6 Å². The number of amides is 3. The van der Waals surface area contributed by atoms with Crippen LogP contribution >= 0.6 is 11.3 Å². The summed E-state index contributed by atoms with van der Waals surface area (Å²) in [6, 6.07) is 3.28. The van der Waals surface area contributed by atoms with Crippen LogP contribution in [0.25, 0.3) is 0 Å². The van der Waals surface area contributed by atoms with Crippen LogP contribution in [0.1, 0.15) is 18.5 Å². The Hall–Kier alpha value is -2.48. The van der Waals surface area contributed by atoms with E-state index >= 15 is 0 Å². The maximum absolute atomic E-state index is 12.4. The highest BCUT2D eigenvalue weighted by Crippen LogP contribution is 2.21. The van der Waals surface area contributed by atoms with Crippen molar-refractivity contribution in [3.8, 4) is 0 Å². The lowest BCUT2D eigenvalue weighted by molar-refractivity contribution is -0.121. The predicted molar refractivity (Wildman–Crippen MR) is 93.0 cm³/mol. The molecule has 0 unspecified atom stereocenters. The van der Waals surface area contributed by atoms with Crippen LogP contribution in [0.2, 0.25) is 0 Å². The summed E-state index contributed by atoms with van der Waals surface area (Å²) in [4.78, 5) is 34.6. The van der Waals surface area contributed by atoms with E-state index in [0.29, 0.717) is 23.9 Å². The standard InChI is InChI=1S/C16H19N5O2S/c1-11-10-24-15(18-11)20-14(22)12-3-2-8-21(9-12)16(23)19-13-4-6-17-7-5-13/h4-7,10,12H,2-3,8-9H2,1H3,(H,17,19,23)(H,18,20,22)/t12-/m0/s1. The van der Waals surface area contributed by atoms with Gasteiger partial charge < -0.3 is 15.5 Å². The summed E-state index contributed by atoms with van der Waals surface area (Å²) in [7, 11) is 0. The molecule has 8 heteroatoms. The third-order valence-electron chi connectivity index (χ3n) is 3.86. The second-order valence-electron chi connectivity index (χ2n) is 5.73. The Kier molecular flexibility index (Phi) is 5.05. The number of likely N-dealkylation sites (tertiary alicyclic amines) is 1. The first-order valence-corrected chi connectivity index (χ1v) is 8.69. The normalized spacial score (nSPS) is 17.4. The molecule has 1 aliphatic rings. The van der Waals surface area contributed by atoms with Gasteiger partial charge in [0.05, 0.1) is 11.6 Å². The average Bonchev–Trinajstić information content (AvgIpc) is 3.00. The molecule has 0 aromatic carbocycles. The van der Waals surface area contributed by atoms with Gasteiger partial charge >= 0.3 is 6.03 Å². The van der Waals surface area contributed by atoms with E-state index in [1.807, 2.05) is 12.3 Å². The highest BCUT2D eigenvalue weighted by Gasteiger charge is 2.28. The van der Waals surface area contributed by atoms with Crippen LogP contribution in [0.15, 0.2) is 29.9 Å². The number of thiazole rings is 1. The van der Waals surface area contributed by atoms with Gasteiger partial charge in [-0.25, -0.2) is 9.78 Å². The second kappa shape index (κ2) is 7.39. The zero-order valence-corrected chi connectivity index (χ0v) is 14.2. The molecule has 0 radical (unpaired) electrons. The van der Waals surface area contributed by atoms with Crippen molar-refractivity contribution in [1.29, 1.82) is 0 Å². The van der Waals surface area contributed by atoms with Gasteiger partial charge in [-0.2, -0.15) is 0 Å². The molecule has 3 heterocycles. The third-order valence-corrected chi connectivity index (χ3v) is 4.74. The Morgan fingerprint density at radius 2 is 2.08 bits per heavy atom. The van der Waals surface area contributed by atoms with E-state index in [1.165, 1.54) is 11.3 Å². The van der Waals surface area contributed by atoms with Crippen molar-refractivity contribution in [1.82, 2.24) is 14.9 Å². The number of pyridine rings is 1. The molecular weight excluding hydrogens is 326 g/mol. The summed E-state index contributed by atoms with van der Waals surface area (Å²) in [5, 5.41) is 8.17. The SMILES string of the molecule is Cc1csc(NC(=O)[C@H]2CCCN(C(=O)Nc3ccncc3)C2)n1. The van der Waals surface area contributed by atoms with Crippen molar-refractivity contribution >= 4 is 34.1 Å². The van der Waals surface area contributed by atoms with Gasteiger partial charge in [-0.05, 0) is 31.9 Å². The molecule has 0 spiro atoms. The molecule has 3 amide bonds. The molecule has 1 atom stereocenters. The molecule has 24 heavy (non-hydrogen) atoms. The maximum atomic E-state index is 12.4. The van der Waals surface area contributed by atoms with Crippen LogP contribution in [-0.2, 0) is 4.79 Å². The zero-order chi connectivity index (χ0) is 16.9. The molecule has 2 aromatic rings. The van der Waals surface area contributed by atoms with Gasteiger partial charge in [-0.1, -0.05) is 0 Å². The summed E-state index contributed by atoms with van der Waals surface area (Å²) in [5.74, 6) is -0.295. The molecule has 2 N–H and O–H groups in total. The van der Waals surface area contributed by atoms with Gasteiger partial charge in [0.15, 0.2) is 5.13 Å². The van der Waals surface area contributed by atoms with Crippen molar-refractivity contribution in [3.63, 3.8) is 0 Å². The number of hydrogen-bond donors (Lipinski definition) is 2. The number of aromatic nitrogens is 2. The Labute approximate surface area is 144 Å². The van der Waals surface area contributed by atoms with Crippen LogP contribution < -0.4 is 10.6 Å². The van der Waals surface area contributed by atoms with Crippen molar-refractivity contribution in [3.05, 3.63) is 35.6 Å². The van der Waals surface area contributed by atoms with Crippen LogP contribution in [0.4, 0.5) is 15.6 Å². The Balaban J connectivity index is 1.57. The van der Waals surface area contributed by atoms with Crippen LogP contribution in [0.3, 0.4) is 0 Å². The minimum atomic E-state index is -0.217. The lowest BCUT2D eigenvalue weighted by Crippen LogP contribution is -2.45. The lowest BCUT2D eigenvalue weighted by Gasteiger charge is -2.31. The number of anilines is 2. The number of hydrogen-bond acceptors (Lipinski definition) is 5. The van der Waals surface area contributed by atoms with Crippen molar-refractivity contribution in [2.75, 3.05) is 23.7 Å². The molecule has 126 valence electrons. The van der Waals surface area contributed by atoms with Crippen LogP contribution in [0, 0.1) is 12.8 Å². The van der Waals surface area contributed by atoms with Crippen molar-refractivity contribution in [2.24, 2.45) is 5.92 Å². The minimum Gasteiger partial charge on any atom is -0.324 e. The first kappa shape index (κ1) is 16.4. The number of carbonyl (C=O) groups excluding carboxylic acids is 2. The van der Waals surface area contributed by atoms with Crippen LogP contribution in [0.5, 0.6) is 0 Å². The predicted octanol–water partition coefficient (Wildman–Crippen LogP) is 2.73. The average molecular weight is 345 g/mol. The molecule has 0 saturated carbocycles. The van der Waals surface area contributed by atoms with Crippen LogP contribution in [-0.4, -0.2) is 39.9 Å². The number of piperidine rings is 1. The summed E-state index contributed by atoms with van der Waals surface area (Å²) in [5.41, 5.74) is 1.58. The minimum absolute atomic E-state index is 0.0780. The number of nitrogens with one attached hydrogen (secondary N) is 2. The largest absolute Gasteiger partial charge is 0.324 e. The van der Waals surface area contributed by atoms with E-state index in [4.69, 9.17) is 0 Å². The van der Waals surface area contributed by atoms with Gasteiger partial charge in [0.25, 0.3) is 0 Å². The van der Waals surface area contributed by atoms with Gasteiger partial charge in [0.1, 0.15) is 0 Å². The highest BCUT2D eigenvalue weighted by molar-refractivity contribution is 7.13. The van der Waals surface area contributed by atoms with E-state index in [1.54, 1.807) is 29.4 Å². The molecular formula is C16H19N5O2S. The molecule has 1 fully saturated rings. The monoisotopic (exact) mass is 345 g/mol. The number of rotatable bonds is 3. The topological polar surface area (TPSA) is 87.2 Å². The molecule has 7 nitrogen and oxygen atoms in total. The van der Waals surface area contributed by atoms with Gasteiger partial charge in [0, 0.05) is 36.6 Å². The number of nitrogens with zero attached hydrogens (tertiary/aromatic N) is 3. The van der Waals surface area contributed by atoms with Gasteiger partial charge in [0.2, 0.25) is 5.91 Å². The number of urea groups is 1. The fraction of sp³-hybridized carbons (Fsp3) is 0.375. The van der Waals surface area contributed by atoms with E-state index in [-0.39, 0.29) is 17.9 Å². The smallest absolute Gasteiger partial charge is 0.321 e. The second-order valence-corrected chi connectivity index (χ2v) is 6.59. The zero-order valence-electron chi connectivity index (χ0n) is 13.4. The molecule has 1 saturated heterocycles. The van der Waals surface area contributed by atoms with Crippen molar-refractivity contribution < 1.29 is 9.59 Å². The van der Waals surface area contributed by atoms with E-state index in [9.17, 15) is 9.59 Å². The molecule has 1 aliphatic heterocycles. The van der Waals surface area contributed by atoms with Crippen molar-refractivity contribution in [2.45, 2.75) is 19.8 Å². The summed E-state index contributed by atoms with van der Waals surface area (Å²) < 4.78 is 0. The molecule has 0 bridgehead atoms. The quantitative estimate of drug-likeness (QED) is 0.895. The van der Waals surface area contributed by atoms with Gasteiger partial charge in [-0.15, -0.1) is 11.3 Å².